The Morgan fingerprint density at radius 1 is 1.61 bits per heavy atom. The molecule has 0 saturated heterocycles. The Morgan fingerprint density at radius 3 is 2.94 bits per heavy atom. The number of carbonyl (C=O) groups is 1. The number of aryl methyl sites for hydroxylation is 1. The number of amides is 1. The Labute approximate surface area is 112 Å². The van der Waals surface area contributed by atoms with Gasteiger partial charge in [-0.1, -0.05) is 12.1 Å². The predicted octanol–water partition coefficient (Wildman–Crippen LogP) is 1.89. The maximum atomic E-state index is 11.8. The van der Waals surface area contributed by atoms with Gasteiger partial charge in [0.15, 0.2) is 0 Å². The molecule has 0 heterocycles. The Morgan fingerprint density at radius 2 is 2.33 bits per heavy atom. The fourth-order valence-electron chi connectivity index (χ4n) is 1.52. The molecular formula is C13H17N3OS. The van der Waals surface area contributed by atoms with E-state index in [-0.39, 0.29) is 5.91 Å². The Hall–Kier alpha value is -1.51. The Kier molecular flexibility index (Phi) is 5.69. The number of rotatable bonds is 5. The first-order chi connectivity index (χ1) is 8.60. The highest BCUT2D eigenvalue weighted by Crippen LogP contribution is 2.18. The first kappa shape index (κ1) is 14.6. The third-order valence-corrected chi connectivity index (χ3v) is 3.26. The second-order valence-electron chi connectivity index (χ2n) is 3.99. The second-order valence-corrected chi connectivity index (χ2v) is 4.97. The molecule has 1 rings (SSSR count). The average Bonchev–Trinajstić information content (AvgIpc) is 2.36. The average molecular weight is 263 g/mol. The minimum Gasteiger partial charge on any atom is -0.324 e. The van der Waals surface area contributed by atoms with Gasteiger partial charge in [0.1, 0.15) is 6.07 Å². The topological polar surface area (TPSA) is 78.9 Å². The summed E-state index contributed by atoms with van der Waals surface area (Å²) in [7, 11) is 0. The van der Waals surface area contributed by atoms with Crippen molar-refractivity contribution in [2.75, 3.05) is 17.3 Å². The van der Waals surface area contributed by atoms with Crippen LogP contribution in [0.15, 0.2) is 18.2 Å². The number of benzene rings is 1. The largest absolute Gasteiger partial charge is 0.324 e. The molecule has 96 valence electrons. The van der Waals surface area contributed by atoms with E-state index in [0.717, 1.165) is 11.3 Å². The number of nitrogens with zero attached hydrogens (tertiary/aromatic N) is 1. The van der Waals surface area contributed by atoms with Crippen molar-refractivity contribution in [1.29, 1.82) is 5.26 Å². The first-order valence-electron chi connectivity index (χ1n) is 5.65. The van der Waals surface area contributed by atoms with E-state index in [1.54, 1.807) is 23.9 Å². The van der Waals surface area contributed by atoms with E-state index in [1.807, 2.05) is 19.2 Å². The summed E-state index contributed by atoms with van der Waals surface area (Å²) in [4.78, 5) is 11.8. The quantitative estimate of drug-likeness (QED) is 0.850. The monoisotopic (exact) mass is 263 g/mol. The molecule has 0 saturated carbocycles. The van der Waals surface area contributed by atoms with Crippen LogP contribution in [0.2, 0.25) is 0 Å². The molecule has 0 unspecified atom stereocenters. The molecule has 0 bridgehead atoms. The van der Waals surface area contributed by atoms with Crippen molar-refractivity contribution in [3.63, 3.8) is 0 Å². The van der Waals surface area contributed by atoms with E-state index in [4.69, 9.17) is 11.0 Å². The molecule has 0 aliphatic rings. The van der Waals surface area contributed by atoms with Crippen molar-refractivity contribution in [1.82, 2.24) is 0 Å². The van der Waals surface area contributed by atoms with Gasteiger partial charge in [0.25, 0.3) is 0 Å². The molecule has 0 radical (unpaired) electrons. The van der Waals surface area contributed by atoms with Crippen molar-refractivity contribution >= 4 is 23.4 Å². The number of nitrogens with one attached hydrogen (secondary N) is 1. The SMILES string of the molecule is CSCC[C@H](N)C(=O)Nc1cccc(C)c1C#N. The summed E-state index contributed by atoms with van der Waals surface area (Å²) in [5, 5.41) is 11.8. The third kappa shape index (κ3) is 3.76. The molecule has 18 heavy (non-hydrogen) atoms. The van der Waals surface area contributed by atoms with Crippen LogP contribution in [0.3, 0.4) is 0 Å². The number of carbonyl (C=O) groups excluding carboxylic acids is 1. The number of thioether (sulfide) groups is 1. The fourth-order valence-corrected chi connectivity index (χ4v) is 2.01. The van der Waals surface area contributed by atoms with Crippen molar-refractivity contribution in [3.8, 4) is 6.07 Å². The lowest BCUT2D eigenvalue weighted by molar-refractivity contribution is -0.117. The van der Waals surface area contributed by atoms with Gasteiger partial charge in [-0.05, 0) is 37.0 Å². The molecular weight excluding hydrogens is 246 g/mol. The van der Waals surface area contributed by atoms with Crippen molar-refractivity contribution in [2.24, 2.45) is 5.73 Å². The van der Waals surface area contributed by atoms with E-state index in [0.29, 0.717) is 17.7 Å². The molecule has 0 aliphatic heterocycles. The number of anilines is 1. The molecule has 1 atom stereocenters. The van der Waals surface area contributed by atoms with Crippen LogP contribution >= 0.6 is 11.8 Å². The van der Waals surface area contributed by atoms with Crippen molar-refractivity contribution in [2.45, 2.75) is 19.4 Å². The Bertz CT molecular complexity index is 468. The fraction of sp³-hybridized carbons (Fsp3) is 0.385. The van der Waals surface area contributed by atoms with Gasteiger partial charge in [0.05, 0.1) is 17.3 Å². The molecule has 0 spiro atoms. The molecule has 1 aromatic carbocycles. The van der Waals surface area contributed by atoms with Crippen LogP contribution in [-0.2, 0) is 4.79 Å². The summed E-state index contributed by atoms with van der Waals surface area (Å²) in [6.07, 6.45) is 2.60. The van der Waals surface area contributed by atoms with Crippen LogP contribution in [-0.4, -0.2) is 24.0 Å². The molecule has 1 amide bonds. The molecule has 1 aromatic rings. The normalized spacial score (nSPS) is 11.7. The number of hydrogen-bond donors (Lipinski definition) is 2. The molecule has 3 N–H and O–H groups in total. The van der Waals surface area contributed by atoms with Crippen LogP contribution in [0.25, 0.3) is 0 Å². The minimum absolute atomic E-state index is 0.244. The van der Waals surface area contributed by atoms with Crippen LogP contribution < -0.4 is 11.1 Å². The van der Waals surface area contributed by atoms with Crippen LogP contribution in [0.4, 0.5) is 5.69 Å². The lowest BCUT2D eigenvalue weighted by Gasteiger charge is -2.13. The maximum absolute atomic E-state index is 11.8. The molecule has 5 heteroatoms. The van der Waals surface area contributed by atoms with E-state index >= 15 is 0 Å². The van der Waals surface area contributed by atoms with Gasteiger partial charge in [-0.3, -0.25) is 4.79 Å². The van der Waals surface area contributed by atoms with Gasteiger partial charge in [0.2, 0.25) is 5.91 Å². The summed E-state index contributed by atoms with van der Waals surface area (Å²) in [5.74, 6) is 0.596. The highest BCUT2D eigenvalue weighted by molar-refractivity contribution is 7.98. The summed E-state index contributed by atoms with van der Waals surface area (Å²) < 4.78 is 0. The molecule has 4 nitrogen and oxygen atoms in total. The third-order valence-electron chi connectivity index (χ3n) is 2.61. The van der Waals surface area contributed by atoms with E-state index in [9.17, 15) is 4.79 Å². The van der Waals surface area contributed by atoms with Gasteiger partial charge >= 0.3 is 0 Å². The van der Waals surface area contributed by atoms with Gasteiger partial charge in [0, 0.05) is 0 Å². The zero-order valence-corrected chi connectivity index (χ0v) is 11.4. The number of hydrogen-bond acceptors (Lipinski definition) is 4. The van der Waals surface area contributed by atoms with E-state index in [1.165, 1.54) is 0 Å². The smallest absolute Gasteiger partial charge is 0.241 e. The Balaban J connectivity index is 2.76. The number of nitrogens with two attached hydrogens (primary N) is 1. The van der Waals surface area contributed by atoms with Crippen LogP contribution in [0.1, 0.15) is 17.5 Å². The van der Waals surface area contributed by atoms with Gasteiger partial charge in [-0.25, -0.2) is 0 Å². The van der Waals surface area contributed by atoms with Crippen molar-refractivity contribution in [3.05, 3.63) is 29.3 Å². The van der Waals surface area contributed by atoms with E-state index in [2.05, 4.69) is 11.4 Å². The second kappa shape index (κ2) is 7.04. The molecule has 0 aromatic heterocycles. The summed E-state index contributed by atoms with van der Waals surface area (Å²) in [5.41, 5.74) is 7.63. The first-order valence-corrected chi connectivity index (χ1v) is 7.04. The highest BCUT2D eigenvalue weighted by atomic mass is 32.2. The highest BCUT2D eigenvalue weighted by Gasteiger charge is 2.15. The zero-order chi connectivity index (χ0) is 13.5. The van der Waals surface area contributed by atoms with Crippen LogP contribution in [0.5, 0.6) is 0 Å². The lowest BCUT2D eigenvalue weighted by Crippen LogP contribution is -2.36. The minimum atomic E-state index is -0.537. The van der Waals surface area contributed by atoms with E-state index < -0.39 is 6.04 Å². The lowest BCUT2D eigenvalue weighted by atomic mass is 10.1. The zero-order valence-electron chi connectivity index (χ0n) is 10.6. The van der Waals surface area contributed by atoms with Gasteiger partial charge in [-0.15, -0.1) is 0 Å². The summed E-state index contributed by atoms with van der Waals surface area (Å²) in [6, 6.07) is 6.91. The number of nitriles is 1. The van der Waals surface area contributed by atoms with Gasteiger partial charge < -0.3 is 11.1 Å². The standard InChI is InChI=1S/C13H17N3OS/c1-9-4-3-5-12(10(9)8-14)16-13(17)11(15)6-7-18-2/h3-5,11H,6-7,15H2,1-2H3,(H,16,17)/t11-/m0/s1. The predicted molar refractivity (Wildman–Crippen MR) is 75.5 cm³/mol. The summed E-state index contributed by atoms with van der Waals surface area (Å²) in [6.45, 7) is 1.84. The van der Waals surface area contributed by atoms with Gasteiger partial charge in [-0.2, -0.15) is 17.0 Å². The van der Waals surface area contributed by atoms with Crippen molar-refractivity contribution < 1.29 is 4.79 Å². The molecule has 0 fully saturated rings. The summed E-state index contributed by atoms with van der Waals surface area (Å²) >= 11 is 1.65. The van der Waals surface area contributed by atoms with Crippen LogP contribution in [0, 0.1) is 18.3 Å². The molecule has 0 aliphatic carbocycles. The maximum Gasteiger partial charge on any atom is 0.241 e.